The van der Waals surface area contributed by atoms with Crippen molar-refractivity contribution in [2.45, 2.75) is 58.8 Å². The molecule has 0 aliphatic heterocycles. The van der Waals surface area contributed by atoms with Crippen molar-refractivity contribution in [2.24, 2.45) is 22.2 Å². The highest BCUT2D eigenvalue weighted by atomic mass is 14.9. The van der Waals surface area contributed by atoms with Crippen molar-refractivity contribution < 1.29 is 0 Å². The zero-order valence-electron chi connectivity index (χ0n) is 13.1. The summed E-state index contributed by atoms with van der Waals surface area (Å²) in [7, 11) is 2.03. The van der Waals surface area contributed by atoms with Gasteiger partial charge in [0.25, 0.3) is 0 Å². The van der Waals surface area contributed by atoms with Crippen LogP contribution in [0.3, 0.4) is 0 Å². The number of hydrogen-bond acceptors (Lipinski definition) is 2. The first-order valence-corrected chi connectivity index (χ1v) is 8.32. The monoisotopic (exact) mass is 264 g/mol. The largest absolute Gasteiger partial charge is 0.318 e. The van der Waals surface area contributed by atoms with Crippen molar-refractivity contribution in [2.75, 3.05) is 26.7 Å². The van der Waals surface area contributed by atoms with E-state index >= 15 is 0 Å². The normalized spacial score (nSPS) is 47.8. The molecular formula is C17H32N2. The van der Waals surface area contributed by atoms with Crippen LogP contribution in [0.15, 0.2) is 0 Å². The first-order chi connectivity index (χ1) is 8.97. The molecule has 4 bridgehead atoms. The lowest BCUT2D eigenvalue weighted by Gasteiger charge is -2.65. The van der Waals surface area contributed by atoms with Crippen LogP contribution in [0.1, 0.15) is 58.8 Å². The highest BCUT2D eigenvalue weighted by Crippen LogP contribution is 2.70. The Bertz CT molecular complexity index is 320. The van der Waals surface area contributed by atoms with Crippen LogP contribution < -0.4 is 10.6 Å². The maximum Gasteiger partial charge on any atom is 0.00766 e. The van der Waals surface area contributed by atoms with Gasteiger partial charge in [-0.1, -0.05) is 13.8 Å². The Labute approximate surface area is 119 Å². The molecule has 4 fully saturated rings. The Kier molecular flexibility index (Phi) is 3.46. The third kappa shape index (κ3) is 2.71. The third-order valence-electron chi connectivity index (χ3n) is 6.13. The fourth-order valence-corrected chi connectivity index (χ4v) is 6.66. The Morgan fingerprint density at radius 3 is 2.16 bits per heavy atom. The van der Waals surface area contributed by atoms with Gasteiger partial charge in [-0.25, -0.2) is 0 Å². The molecule has 4 aliphatic rings. The number of likely N-dealkylation sites (N-methyl/N-ethyl adjacent to an activating group) is 1. The van der Waals surface area contributed by atoms with Gasteiger partial charge in [0.1, 0.15) is 0 Å². The van der Waals surface area contributed by atoms with Crippen LogP contribution in [0.2, 0.25) is 0 Å². The van der Waals surface area contributed by atoms with Crippen LogP contribution in [0.25, 0.3) is 0 Å². The first kappa shape index (κ1) is 13.9. The zero-order chi connectivity index (χ0) is 13.6. The van der Waals surface area contributed by atoms with Crippen LogP contribution in [0.4, 0.5) is 0 Å². The minimum atomic E-state index is 0.680. The average molecular weight is 264 g/mol. The van der Waals surface area contributed by atoms with E-state index in [9.17, 15) is 0 Å². The van der Waals surface area contributed by atoms with Crippen molar-refractivity contribution in [3.05, 3.63) is 0 Å². The van der Waals surface area contributed by atoms with Crippen molar-refractivity contribution in [1.82, 2.24) is 10.6 Å². The van der Waals surface area contributed by atoms with Crippen molar-refractivity contribution >= 4 is 0 Å². The minimum Gasteiger partial charge on any atom is -0.318 e. The van der Waals surface area contributed by atoms with Crippen molar-refractivity contribution in [3.8, 4) is 0 Å². The second kappa shape index (κ2) is 4.73. The molecule has 0 aromatic rings. The summed E-state index contributed by atoms with van der Waals surface area (Å²) in [5.74, 6) is 1.04. The maximum absolute atomic E-state index is 3.62. The lowest BCUT2D eigenvalue weighted by Crippen LogP contribution is -2.55. The fourth-order valence-electron chi connectivity index (χ4n) is 6.66. The van der Waals surface area contributed by atoms with E-state index in [1.807, 2.05) is 7.05 Å². The molecule has 110 valence electrons. The van der Waals surface area contributed by atoms with Crippen molar-refractivity contribution in [1.29, 1.82) is 0 Å². The Morgan fingerprint density at radius 2 is 1.58 bits per heavy atom. The molecular weight excluding hydrogens is 232 g/mol. The van der Waals surface area contributed by atoms with Gasteiger partial charge in [-0.3, -0.25) is 0 Å². The predicted molar refractivity (Wildman–Crippen MR) is 81.3 cm³/mol. The van der Waals surface area contributed by atoms with Crippen molar-refractivity contribution in [3.63, 3.8) is 0 Å². The summed E-state index contributed by atoms with van der Waals surface area (Å²) in [6, 6.07) is 0. The Hall–Kier alpha value is -0.0800. The quantitative estimate of drug-likeness (QED) is 0.720. The zero-order valence-corrected chi connectivity index (χ0v) is 13.1. The van der Waals surface area contributed by atoms with Gasteiger partial charge in [-0.05, 0) is 80.7 Å². The molecule has 19 heavy (non-hydrogen) atoms. The molecule has 0 amide bonds. The smallest absolute Gasteiger partial charge is 0.00766 e. The van der Waals surface area contributed by atoms with Gasteiger partial charge in [0.05, 0.1) is 0 Å². The third-order valence-corrected chi connectivity index (χ3v) is 6.13. The highest BCUT2D eigenvalue weighted by molar-refractivity contribution is 5.10. The Morgan fingerprint density at radius 1 is 0.895 bits per heavy atom. The van der Waals surface area contributed by atoms with Gasteiger partial charge in [-0.15, -0.1) is 0 Å². The summed E-state index contributed by atoms with van der Waals surface area (Å²) >= 11 is 0. The summed E-state index contributed by atoms with van der Waals surface area (Å²) < 4.78 is 0. The van der Waals surface area contributed by atoms with E-state index in [4.69, 9.17) is 0 Å². The summed E-state index contributed by atoms with van der Waals surface area (Å²) in [6.07, 6.45) is 10.5. The molecule has 0 saturated heterocycles. The van der Waals surface area contributed by atoms with Crippen LogP contribution in [-0.2, 0) is 0 Å². The standard InChI is InChI=1S/C17H32N2/c1-15-8-14-9-16(2,11-15)13-17(10-14,12-15)4-5-19-7-6-18-3/h14,18-19H,4-13H2,1-3H3. The van der Waals surface area contributed by atoms with Crippen LogP contribution >= 0.6 is 0 Å². The van der Waals surface area contributed by atoms with Gasteiger partial charge in [0.15, 0.2) is 0 Å². The summed E-state index contributed by atoms with van der Waals surface area (Å²) in [5.41, 5.74) is 2.05. The number of hydrogen-bond donors (Lipinski definition) is 2. The summed E-state index contributed by atoms with van der Waals surface area (Å²) in [4.78, 5) is 0. The molecule has 2 nitrogen and oxygen atoms in total. The highest BCUT2D eigenvalue weighted by Gasteiger charge is 2.59. The maximum atomic E-state index is 3.62. The van der Waals surface area contributed by atoms with E-state index in [0.717, 1.165) is 19.0 Å². The summed E-state index contributed by atoms with van der Waals surface area (Å²) in [5, 5.41) is 6.84. The molecule has 4 rings (SSSR count). The second-order valence-corrected chi connectivity index (χ2v) is 8.73. The molecule has 2 atom stereocenters. The van der Waals surface area contributed by atoms with Gasteiger partial charge >= 0.3 is 0 Å². The molecule has 2 heteroatoms. The average Bonchev–Trinajstić information content (AvgIpc) is 2.23. The predicted octanol–water partition coefficient (Wildman–Crippen LogP) is 3.18. The minimum absolute atomic E-state index is 0.680. The Balaban J connectivity index is 1.61. The van der Waals surface area contributed by atoms with E-state index in [1.54, 1.807) is 0 Å². The molecule has 0 spiro atoms. The number of rotatable bonds is 6. The molecule has 4 aliphatic carbocycles. The van der Waals surface area contributed by atoms with Gasteiger partial charge in [0.2, 0.25) is 0 Å². The van der Waals surface area contributed by atoms with Gasteiger partial charge in [0, 0.05) is 13.1 Å². The lowest BCUT2D eigenvalue weighted by atomic mass is 9.40. The molecule has 2 N–H and O–H groups in total. The first-order valence-electron chi connectivity index (χ1n) is 8.32. The van der Waals surface area contributed by atoms with Gasteiger partial charge in [-0.2, -0.15) is 0 Å². The second-order valence-electron chi connectivity index (χ2n) is 8.73. The van der Waals surface area contributed by atoms with Crippen LogP contribution in [-0.4, -0.2) is 26.7 Å². The van der Waals surface area contributed by atoms with E-state index < -0.39 is 0 Å². The fraction of sp³-hybridized carbons (Fsp3) is 1.00. The summed E-state index contributed by atoms with van der Waals surface area (Å²) in [6.45, 7) is 8.59. The van der Waals surface area contributed by atoms with Crippen LogP contribution in [0.5, 0.6) is 0 Å². The van der Waals surface area contributed by atoms with Gasteiger partial charge < -0.3 is 10.6 Å². The number of nitrogens with one attached hydrogen (secondary N) is 2. The topological polar surface area (TPSA) is 24.1 Å². The van der Waals surface area contributed by atoms with E-state index in [0.29, 0.717) is 16.2 Å². The lowest BCUT2D eigenvalue weighted by molar-refractivity contribution is -0.147. The van der Waals surface area contributed by atoms with E-state index in [1.165, 1.54) is 51.5 Å². The molecule has 4 saturated carbocycles. The SMILES string of the molecule is CNCCNCCC12CC3CC(C)(CC(C)(C3)C1)C2. The molecule has 0 aromatic carbocycles. The van der Waals surface area contributed by atoms with E-state index in [-0.39, 0.29) is 0 Å². The van der Waals surface area contributed by atoms with E-state index in [2.05, 4.69) is 24.5 Å². The van der Waals surface area contributed by atoms with Crippen LogP contribution in [0, 0.1) is 22.2 Å². The molecule has 0 heterocycles. The molecule has 0 aromatic heterocycles. The molecule has 2 unspecified atom stereocenters. The molecule has 0 radical (unpaired) electrons.